The summed E-state index contributed by atoms with van der Waals surface area (Å²) in [6.07, 6.45) is 1.79. The highest BCUT2D eigenvalue weighted by atomic mass is 16.5. The molecule has 1 aromatic heterocycles. The Bertz CT molecular complexity index is 558. The summed E-state index contributed by atoms with van der Waals surface area (Å²) >= 11 is 0. The molecule has 2 aromatic rings. The predicted octanol–water partition coefficient (Wildman–Crippen LogP) is 1.96. The second-order valence-electron chi connectivity index (χ2n) is 3.94. The van der Waals surface area contributed by atoms with Crippen LogP contribution in [-0.4, -0.2) is 22.7 Å². The SMILES string of the molecule is COc1ccc(-c2cn(NC(C)=O)c(C)n2)cc1. The Labute approximate surface area is 105 Å². The number of nitrogens with one attached hydrogen (secondary N) is 1. The first kappa shape index (κ1) is 12.2. The average Bonchev–Trinajstić information content (AvgIpc) is 2.70. The quantitative estimate of drug-likeness (QED) is 0.899. The Hall–Kier alpha value is -2.30. The lowest BCUT2D eigenvalue weighted by Crippen LogP contribution is -2.19. The molecule has 0 saturated carbocycles. The molecule has 0 aliphatic rings. The van der Waals surface area contributed by atoms with Crippen LogP contribution in [0.3, 0.4) is 0 Å². The van der Waals surface area contributed by atoms with Gasteiger partial charge in [-0.1, -0.05) is 0 Å². The van der Waals surface area contributed by atoms with E-state index in [-0.39, 0.29) is 5.91 Å². The molecule has 0 fully saturated rings. The Morgan fingerprint density at radius 1 is 1.33 bits per heavy atom. The van der Waals surface area contributed by atoms with E-state index in [1.54, 1.807) is 18.0 Å². The van der Waals surface area contributed by atoms with E-state index in [2.05, 4.69) is 10.4 Å². The Kier molecular flexibility index (Phi) is 3.32. The minimum Gasteiger partial charge on any atom is -0.497 e. The molecule has 0 unspecified atom stereocenters. The van der Waals surface area contributed by atoms with Crippen molar-refractivity contribution >= 4 is 5.91 Å². The molecule has 94 valence electrons. The standard InChI is InChI=1S/C13H15N3O2/c1-9-14-13(8-16(9)15-10(2)17)11-4-6-12(18-3)7-5-11/h4-8H,1-3H3,(H,15,17). The molecule has 18 heavy (non-hydrogen) atoms. The third kappa shape index (κ3) is 2.51. The number of aromatic nitrogens is 2. The highest BCUT2D eigenvalue weighted by molar-refractivity contribution is 5.81. The van der Waals surface area contributed by atoms with Gasteiger partial charge in [0.1, 0.15) is 11.6 Å². The first-order valence-corrected chi connectivity index (χ1v) is 5.58. The number of imidazole rings is 1. The molecular formula is C13H15N3O2. The summed E-state index contributed by atoms with van der Waals surface area (Å²) in [6, 6.07) is 7.61. The number of aryl methyl sites for hydroxylation is 1. The second kappa shape index (κ2) is 4.91. The number of ether oxygens (including phenoxy) is 1. The molecular weight excluding hydrogens is 230 g/mol. The molecule has 1 amide bonds. The van der Waals surface area contributed by atoms with Crippen molar-refractivity contribution in [1.29, 1.82) is 0 Å². The van der Waals surface area contributed by atoms with Crippen molar-refractivity contribution in [3.63, 3.8) is 0 Å². The number of hydrogen-bond acceptors (Lipinski definition) is 3. The zero-order chi connectivity index (χ0) is 13.1. The minimum atomic E-state index is -0.128. The summed E-state index contributed by atoms with van der Waals surface area (Å²) in [5, 5.41) is 0. The molecule has 5 heteroatoms. The van der Waals surface area contributed by atoms with Gasteiger partial charge in [0.2, 0.25) is 5.91 Å². The van der Waals surface area contributed by atoms with Crippen molar-refractivity contribution in [2.24, 2.45) is 0 Å². The van der Waals surface area contributed by atoms with Crippen LogP contribution in [0.5, 0.6) is 5.75 Å². The van der Waals surface area contributed by atoms with Gasteiger partial charge in [0, 0.05) is 12.5 Å². The topological polar surface area (TPSA) is 56.1 Å². The Morgan fingerprint density at radius 3 is 2.56 bits per heavy atom. The maximum atomic E-state index is 11.0. The highest BCUT2D eigenvalue weighted by Crippen LogP contribution is 2.21. The van der Waals surface area contributed by atoms with Crippen LogP contribution in [0.2, 0.25) is 0 Å². The molecule has 5 nitrogen and oxygen atoms in total. The van der Waals surface area contributed by atoms with Gasteiger partial charge in [0.05, 0.1) is 19.0 Å². The lowest BCUT2D eigenvalue weighted by molar-refractivity contribution is -0.115. The second-order valence-corrected chi connectivity index (χ2v) is 3.94. The third-order valence-electron chi connectivity index (χ3n) is 2.55. The number of benzene rings is 1. The zero-order valence-corrected chi connectivity index (χ0v) is 10.6. The van der Waals surface area contributed by atoms with Crippen LogP contribution >= 0.6 is 0 Å². The van der Waals surface area contributed by atoms with E-state index in [1.807, 2.05) is 31.2 Å². The van der Waals surface area contributed by atoms with E-state index in [1.165, 1.54) is 6.92 Å². The van der Waals surface area contributed by atoms with Crippen molar-refractivity contribution in [3.05, 3.63) is 36.3 Å². The number of amides is 1. The summed E-state index contributed by atoms with van der Waals surface area (Å²) in [7, 11) is 1.63. The summed E-state index contributed by atoms with van der Waals surface area (Å²) < 4.78 is 6.72. The van der Waals surface area contributed by atoms with E-state index in [0.29, 0.717) is 0 Å². The van der Waals surface area contributed by atoms with Crippen LogP contribution in [-0.2, 0) is 4.79 Å². The first-order valence-electron chi connectivity index (χ1n) is 5.58. The number of carbonyl (C=O) groups is 1. The van der Waals surface area contributed by atoms with Gasteiger partial charge in [0.25, 0.3) is 0 Å². The van der Waals surface area contributed by atoms with Crippen molar-refractivity contribution < 1.29 is 9.53 Å². The molecule has 1 aromatic carbocycles. The molecule has 0 saturated heterocycles. The van der Waals surface area contributed by atoms with Gasteiger partial charge in [-0.2, -0.15) is 0 Å². The fourth-order valence-corrected chi connectivity index (χ4v) is 1.66. The van der Waals surface area contributed by atoms with Gasteiger partial charge in [-0.3, -0.25) is 10.2 Å². The molecule has 0 bridgehead atoms. The molecule has 1 heterocycles. The summed E-state index contributed by atoms with van der Waals surface area (Å²) in [5.74, 6) is 1.41. The molecule has 0 spiro atoms. The van der Waals surface area contributed by atoms with Gasteiger partial charge in [-0.15, -0.1) is 0 Å². The number of hydrogen-bond donors (Lipinski definition) is 1. The van der Waals surface area contributed by atoms with Gasteiger partial charge in [-0.25, -0.2) is 9.66 Å². The van der Waals surface area contributed by atoms with E-state index in [4.69, 9.17) is 4.74 Å². The van der Waals surface area contributed by atoms with Crippen LogP contribution in [0, 0.1) is 6.92 Å². The van der Waals surface area contributed by atoms with Crippen LogP contribution < -0.4 is 10.2 Å². The van der Waals surface area contributed by atoms with Crippen molar-refractivity contribution in [3.8, 4) is 17.0 Å². The lowest BCUT2D eigenvalue weighted by atomic mass is 10.2. The third-order valence-corrected chi connectivity index (χ3v) is 2.55. The van der Waals surface area contributed by atoms with E-state index in [0.717, 1.165) is 22.8 Å². The van der Waals surface area contributed by atoms with E-state index in [9.17, 15) is 4.79 Å². The molecule has 0 aliphatic carbocycles. The minimum absolute atomic E-state index is 0.128. The smallest absolute Gasteiger partial charge is 0.235 e. The van der Waals surface area contributed by atoms with Crippen molar-refractivity contribution in [2.75, 3.05) is 12.5 Å². The largest absolute Gasteiger partial charge is 0.497 e. The van der Waals surface area contributed by atoms with Crippen LogP contribution in [0.15, 0.2) is 30.5 Å². The molecule has 1 N–H and O–H groups in total. The maximum Gasteiger partial charge on any atom is 0.235 e. The summed E-state index contributed by atoms with van der Waals surface area (Å²) in [5.41, 5.74) is 4.46. The fraction of sp³-hybridized carbons (Fsp3) is 0.231. The number of nitrogens with zero attached hydrogens (tertiary/aromatic N) is 2. The van der Waals surface area contributed by atoms with Gasteiger partial charge < -0.3 is 4.74 Å². The van der Waals surface area contributed by atoms with Crippen LogP contribution in [0.4, 0.5) is 0 Å². The normalized spacial score (nSPS) is 10.2. The lowest BCUT2D eigenvalue weighted by Gasteiger charge is -2.03. The molecule has 2 rings (SSSR count). The average molecular weight is 245 g/mol. The first-order chi connectivity index (χ1) is 8.60. The van der Waals surface area contributed by atoms with Crippen LogP contribution in [0.25, 0.3) is 11.3 Å². The van der Waals surface area contributed by atoms with E-state index >= 15 is 0 Å². The summed E-state index contributed by atoms with van der Waals surface area (Å²) in [6.45, 7) is 3.30. The summed E-state index contributed by atoms with van der Waals surface area (Å²) in [4.78, 5) is 15.4. The monoisotopic (exact) mass is 245 g/mol. The Balaban J connectivity index is 2.30. The highest BCUT2D eigenvalue weighted by Gasteiger charge is 2.07. The van der Waals surface area contributed by atoms with Gasteiger partial charge in [0.15, 0.2) is 0 Å². The van der Waals surface area contributed by atoms with Crippen molar-refractivity contribution in [1.82, 2.24) is 9.66 Å². The number of rotatable bonds is 3. The number of methoxy groups -OCH3 is 1. The van der Waals surface area contributed by atoms with Gasteiger partial charge >= 0.3 is 0 Å². The maximum absolute atomic E-state index is 11.0. The van der Waals surface area contributed by atoms with Gasteiger partial charge in [-0.05, 0) is 31.2 Å². The molecule has 0 atom stereocenters. The molecule has 0 aliphatic heterocycles. The van der Waals surface area contributed by atoms with E-state index < -0.39 is 0 Å². The number of carbonyl (C=O) groups excluding carboxylic acids is 1. The van der Waals surface area contributed by atoms with Crippen molar-refractivity contribution in [2.45, 2.75) is 13.8 Å². The van der Waals surface area contributed by atoms with Crippen LogP contribution in [0.1, 0.15) is 12.7 Å². The Morgan fingerprint density at radius 2 is 2.00 bits per heavy atom. The zero-order valence-electron chi connectivity index (χ0n) is 10.6. The molecule has 0 radical (unpaired) electrons. The fourth-order valence-electron chi connectivity index (χ4n) is 1.66. The predicted molar refractivity (Wildman–Crippen MR) is 69.0 cm³/mol.